The van der Waals surface area contributed by atoms with Gasteiger partial charge < -0.3 is 4.90 Å². The van der Waals surface area contributed by atoms with Crippen molar-refractivity contribution in [2.75, 3.05) is 11.4 Å². The summed E-state index contributed by atoms with van der Waals surface area (Å²) in [5, 5.41) is -1.11. The zero-order valence-electron chi connectivity index (χ0n) is 14.7. The van der Waals surface area contributed by atoms with Gasteiger partial charge in [0, 0.05) is 27.0 Å². The smallest absolute Gasteiger partial charge is 0.273 e. The monoisotopic (exact) mass is 476 g/mol. The first-order chi connectivity index (χ1) is 13.4. The number of para-hydroxylation sites is 2. The number of hydrogen-bond acceptors (Lipinski definition) is 5. The molecular weight excluding hydrogens is 460 g/mol. The summed E-state index contributed by atoms with van der Waals surface area (Å²) in [5.74, 6) is 0. The molecule has 3 aromatic rings. The largest absolute Gasteiger partial charge is 0.340 e. The second-order valence-electron chi connectivity index (χ2n) is 6.35. The van der Waals surface area contributed by atoms with Crippen molar-refractivity contribution in [2.45, 2.75) is 21.5 Å². The first kappa shape index (κ1) is 19.4. The van der Waals surface area contributed by atoms with E-state index in [9.17, 15) is 13.0 Å². The maximum absolute atomic E-state index is 12.1. The van der Waals surface area contributed by atoms with E-state index in [1.165, 1.54) is 6.20 Å². The van der Waals surface area contributed by atoms with Gasteiger partial charge in [-0.05, 0) is 58.7 Å². The van der Waals surface area contributed by atoms with Crippen molar-refractivity contribution in [3.05, 3.63) is 77.0 Å². The number of rotatable bonds is 5. The first-order valence-electron chi connectivity index (χ1n) is 8.65. The van der Waals surface area contributed by atoms with Gasteiger partial charge in [0.15, 0.2) is 0 Å². The average Bonchev–Trinajstić information content (AvgIpc) is 2.67. The Morgan fingerprint density at radius 1 is 1.00 bits per heavy atom. The highest BCUT2D eigenvalue weighted by Gasteiger charge is 2.31. The number of anilines is 2. The van der Waals surface area contributed by atoms with Gasteiger partial charge in [-0.1, -0.05) is 36.0 Å². The minimum Gasteiger partial charge on any atom is -0.340 e. The van der Waals surface area contributed by atoms with Crippen molar-refractivity contribution in [2.24, 2.45) is 0 Å². The fraction of sp³-hybridized carbons (Fsp3) is 0.150. The number of benzene rings is 2. The Balaban J connectivity index is 1.70. The number of fused-ring (bicyclic) bond motifs is 2. The normalized spacial score (nSPS) is 14.3. The molecule has 28 heavy (non-hydrogen) atoms. The molecule has 8 heteroatoms. The van der Waals surface area contributed by atoms with Crippen LogP contribution in [0.3, 0.4) is 0 Å². The van der Waals surface area contributed by atoms with Gasteiger partial charge >= 0.3 is 0 Å². The molecule has 1 unspecified atom stereocenters. The molecule has 144 valence electrons. The zero-order chi connectivity index (χ0) is 19.7. The molecule has 1 aromatic heterocycles. The van der Waals surface area contributed by atoms with E-state index in [1.54, 1.807) is 23.9 Å². The molecule has 1 aliphatic rings. The fourth-order valence-corrected chi connectivity index (χ4v) is 5.98. The van der Waals surface area contributed by atoms with E-state index in [-0.39, 0.29) is 6.42 Å². The molecule has 0 saturated carbocycles. The number of aromatic nitrogens is 1. The van der Waals surface area contributed by atoms with Crippen LogP contribution in [0.2, 0.25) is 0 Å². The molecule has 0 bridgehead atoms. The molecule has 0 saturated heterocycles. The van der Waals surface area contributed by atoms with E-state index >= 15 is 0 Å². The molecule has 4 rings (SSSR count). The van der Waals surface area contributed by atoms with Crippen LogP contribution in [-0.4, -0.2) is 24.5 Å². The molecule has 0 spiro atoms. The molecule has 2 aromatic carbocycles. The van der Waals surface area contributed by atoms with Crippen LogP contribution in [-0.2, 0) is 10.1 Å². The Morgan fingerprint density at radius 3 is 2.18 bits per heavy atom. The van der Waals surface area contributed by atoms with Crippen LogP contribution in [0.4, 0.5) is 11.4 Å². The average molecular weight is 477 g/mol. The van der Waals surface area contributed by atoms with Crippen molar-refractivity contribution in [3.8, 4) is 0 Å². The van der Waals surface area contributed by atoms with Gasteiger partial charge in [0.2, 0.25) is 0 Å². The van der Waals surface area contributed by atoms with E-state index in [0.717, 1.165) is 21.2 Å². The van der Waals surface area contributed by atoms with Crippen LogP contribution in [0.5, 0.6) is 0 Å². The van der Waals surface area contributed by atoms with E-state index < -0.39 is 15.4 Å². The zero-order valence-corrected chi connectivity index (χ0v) is 17.9. The highest BCUT2D eigenvalue weighted by molar-refractivity contribution is 9.10. The number of nitrogens with zero attached hydrogens (tertiary/aromatic N) is 2. The van der Waals surface area contributed by atoms with Crippen LogP contribution in [0.25, 0.3) is 0 Å². The standard InChI is InChI=1S/C20H17BrN2O3S2/c21-14-6-5-12-22-20(14)19(28(24,25)26)11-13-23-15-7-1-3-9-17(15)27-18-10-4-2-8-16(18)23/h1-10,12,19H,11,13H2,(H,24,25,26). The summed E-state index contributed by atoms with van der Waals surface area (Å²) in [6, 6.07) is 19.5. The van der Waals surface area contributed by atoms with E-state index in [1.807, 2.05) is 36.4 Å². The summed E-state index contributed by atoms with van der Waals surface area (Å²) in [5.41, 5.74) is 2.37. The SMILES string of the molecule is O=S(=O)(O)C(CCN1c2ccccc2Sc2ccccc21)c1ncccc1Br. The van der Waals surface area contributed by atoms with Gasteiger partial charge in [0.05, 0.1) is 17.1 Å². The second kappa shape index (κ2) is 7.87. The van der Waals surface area contributed by atoms with Crippen molar-refractivity contribution in [1.29, 1.82) is 0 Å². The lowest BCUT2D eigenvalue weighted by Gasteiger charge is -2.33. The number of hydrogen-bond donors (Lipinski definition) is 1. The Morgan fingerprint density at radius 2 is 1.61 bits per heavy atom. The summed E-state index contributed by atoms with van der Waals surface area (Å²) in [6.07, 6.45) is 1.72. The summed E-state index contributed by atoms with van der Waals surface area (Å²) >= 11 is 5.05. The minimum atomic E-state index is -4.32. The Hall–Kier alpha value is -1.87. The summed E-state index contributed by atoms with van der Waals surface area (Å²) < 4.78 is 34.7. The quantitative estimate of drug-likeness (QED) is 0.492. The Labute approximate surface area is 176 Å². The third-order valence-electron chi connectivity index (χ3n) is 4.60. The molecule has 1 atom stereocenters. The van der Waals surface area contributed by atoms with Crippen LogP contribution < -0.4 is 4.90 Å². The predicted octanol–water partition coefficient (Wildman–Crippen LogP) is 5.47. The molecule has 0 aliphatic carbocycles. The summed E-state index contributed by atoms with van der Waals surface area (Å²) in [4.78, 5) is 8.53. The predicted molar refractivity (Wildman–Crippen MR) is 115 cm³/mol. The number of halogens is 1. The summed E-state index contributed by atoms with van der Waals surface area (Å²) in [6.45, 7) is 0.419. The van der Waals surface area contributed by atoms with Gasteiger partial charge in [0.25, 0.3) is 10.1 Å². The molecule has 0 amide bonds. The van der Waals surface area contributed by atoms with E-state index in [4.69, 9.17) is 0 Å². The minimum absolute atomic E-state index is 0.196. The second-order valence-corrected chi connectivity index (χ2v) is 9.89. The van der Waals surface area contributed by atoms with Gasteiger partial charge in [0.1, 0.15) is 5.25 Å². The molecule has 1 N–H and O–H groups in total. The molecule has 1 aliphatic heterocycles. The third kappa shape index (κ3) is 3.82. The van der Waals surface area contributed by atoms with Gasteiger partial charge in [-0.25, -0.2) is 0 Å². The fourth-order valence-electron chi connectivity index (χ4n) is 3.33. The van der Waals surface area contributed by atoms with Crippen molar-refractivity contribution < 1.29 is 13.0 Å². The molecule has 2 heterocycles. The van der Waals surface area contributed by atoms with Crippen molar-refractivity contribution >= 4 is 49.2 Å². The third-order valence-corrected chi connectivity index (χ3v) is 7.58. The van der Waals surface area contributed by atoms with E-state index in [0.29, 0.717) is 16.7 Å². The Bertz CT molecular complexity index is 1080. The van der Waals surface area contributed by atoms with Crippen LogP contribution >= 0.6 is 27.7 Å². The Kier molecular flexibility index (Phi) is 5.46. The highest BCUT2D eigenvalue weighted by atomic mass is 79.9. The van der Waals surface area contributed by atoms with Gasteiger partial charge in [-0.15, -0.1) is 0 Å². The molecular formula is C20H17BrN2O3S2. The van der Waals surface area contributed by atoms with E-state index in [2.05, 4.69) is 37.9 Å². The van der Waals surface area contributed by atoms with Crippen molar-refractivity contribution in [1.82, 2.24) is 4.98 Å². The van der Waals surface area contributed by atoms with Gasteiger partial charge in [-0.2, -0.15) is 8.42 Å². The van der Waals surface area contributed by atoms with Crippen LogP contribution in [0, 0.1) is 0 Å². The van der Waals surface area contributed by atoms with Crippen LogP contribution in [0.15, 0.2) is 81.1 Å². The molecule has 0 fully saturated rings. The highest BCUT2D eigenvalue weighted by Crippen LogP contribution is 2.48. The number of pyridine rings is 1. The topological polar surface area (TPSA) is 70.5 Å². The lowest BCUT2D eigenvalue weighted by atomic mass is 10.1. The van der Waals surface area contributed by atoms with Crippen molar-refractivity contribution in [3.63, 3.8) is 0 Å². The van der Waals surface area contributed by atoms with Gasteiger partial charge in [-0.3, -0.25) is 9.54 Å². The lowest BCUT2D eigenvalue weighted by Crippen LogP contribution is -2.26. The molecule has 0 radical (unpaired) electrons. The lowest BCUT2D eigenvalue weighted by molar-refractivity contribution is 0.462. The maximum Gasteiger partial charge on any atom is 0.273 e. The maximum atomic E-state index is 12.1. The van der Waals surface area contributed by atoms with Crippen LogP contribution in [0.1, 0.15) is 17.4 Å². The summed E-state index contributed by atoms with van der Waals surface area (Å²) in [7, 11) is -4.32. The first-order valence-corrected chi connectivity index (χ1v) is 11.8. The molecule has 5 nitrogen and oxygen atoms in total.